The summed E-state index contributed by atoms with van der Waals surface area (Å²) in [6, 6.07) is 0. The maximum atomic E-state index is 4.61. The second-order valence-corrected chi connectivity index (χ2v) is 7.26. The number of piperazine rings is 1. The van der Waals surface area contributed by atoms with Crippen LogP contribution in [0.25, 0.3) is 0 Å². The van der Waals surface area contributed by atoms with E-state index in [1.807, 2.05) is 7.05 Å². The van der Waals surface area contributed by atoms with Crippen molar-refractivity contribution in [1.82, 2.24) is 24.5 Å². The highest BCUT2D eigenvalue weighted by molar-refractivity contribution is 7.09. The van der Waals surface area contributed by atoms with Crippen molar-refractivity contribution in [1.29, 1.82) is 0 Å². The Morgan fingerprint density at radius 2 is 1.88 bits per heavy atom. The number of hydrogen-bond donors (Lipinski definition) is 1. The largest absolute Gasteiger partial charge is 0.356 e. The minimum Gasteiger partial charge on any atom is -0.356 e. The van der Waals surface area contributed by atoms with E-state index in [-0.39, 0.29) is 0 Å². The van der Waals surface area contributed by atoms with Gasteiger partial charge in [-0.15, -0.1) is 0 Å². The van der Waals surface area contributed by atoms with E-state index in [4.69, 9.17) is 0 Å². The average molecular weight is 382 g/mol. The van der Waals surface area contributed by atoms with E-state index in [1.54, 1.807) is 0 Å². The maximum Gasteiger partial charge on any atom is 0.205 e. The summed E-state index contributed by atoms with van der Waals surface area (Å²) in [4.78, 5) is 16.2. The van der Waals surface area contributed by atoms with Crippen LogP contribution in [0.2, 0.25) is 0 Å². The summed E-state index contributed by atoms with van der Waals surface area (Å²) in [5, 5.41) is 4.59. The van der Waals surface area contributed by atoms with E-state index in [2.05, 4.69) is 55.1 Å². The molecule has 0 saturated carbocycles. The first-order valence-electron chi connectivity index (χ1n) is 9.97. The van der Waals surface area contributed by atoms with Crippen LogP contribution in [0.5, 0.6) is 0 Å². The minimum absolute atomic E-state index is 0.904. The lowest BCUT2D eigenvalue weighted by atomic mass is 10.3. The Hall–Kier alpha value is -1.41. The van der Waals surface area contributed by atoms with Crippen LogP contribution in [0.1, 0.15) is 39.4 Å². The van der Waals surface area contributed by atoms with Crippen LogP contribution in [0.3, 0.4) is 0 Å². The molecule has 1 saturated heterocycles. The predicted molar refractivity (Wildman–Crippen MR) is 111 cm³/mol. The Morgan fingerprint density at radius 3 is 2.46 bits per heavy atom. The Balaban J connectivity index is 1.69. The highest BCUT2D eigenvalue weighted by Gasteiger charge is 2.21. The molecule has 2 rings (SSSR count). The van der Waals surface area contributed by atoms with E-state index in [1.165, 1.54) is 30.9 Å². The van der Waals surface area contributed by atoms with Crippen LogP contribution in [0, 0.1) is 0 Å². The molecule has 1 aromatic rings. The molecule has 0 aromatic carbocycles. The number of anilines is 1. The third-order valence-electron chi connectivity index (χ3n) is 4.91. The van der Waals surface area contributed by atoms with E-state index in [0.29, 0.717) is 0 Å². The van der Waals surface area contributed by atoms with E-state index in [9.17, 15) is 0 Å². The molecule has 0 bridgehead atoms. The number of aromatic nitrogens is 2. The van der Waals surface area contributed by atoms with Gasteiger partial charge in [-0.3, -0.25) is 4.99 Å². The Labute approximate surface area is 162 Å². The fraction of sp³-hybridized carbons (Fsp3) is 0.833. The number of rotatable bonds is 9. The van der Waals surface area contributed by atoms with E-state index >= 15 is 0 Å². The highest BCUT2D eigenvalue weighted by atomic mass is 32.1. The number of nitrogens with zero attached hydrogens (tertiary/aromatic N) is 6. The van der Waals surface area contributed by atoms with E-state index < -0.39 is 0 Å². The number of hydrogen-bond acceptors (Lipinski definition) is 6. The lowest BCUT2D eigenvalue weighted by Gasteiger charge is -2.36. The number of aliphatic imine (C=N–C) groups is 1. The number of guanidine groups is 1. The third kappa shape index (κ3) is 6.09. The van der Waals surface area contributed by atoms with Gasteiger partial charge in [0, 0.05) is 57.7 Å². The van der Waals surface area contributed by atoms with Gasteiger partial charge in [0.2, 0.25) is 5.13 Å². The molecule has 8 heteroatoms. The molecule has 148 valence electrons. The molecule has 7 nitrogen and oxygen atoms in total. The van der Waals surface area contributed by atoms with Gasteiger partial charge >= 0.3 is 0 Å². The molecule has 0 unspecified atom stereocenters. The monoisotopic (exact) mass is 381 g/mol. The Bertz CT molecular complexity index is 533. The molecule has 1 aliphatic heterocycles. The van der Waals surface area contributed by atoms with Crippen molar-refractivity contribution >= 4 is 22.6 Å². The number of unbranched alkanes of at least 4 members (excludes halogenated alkanes) is 1. The smallest absolute Gasteiger partial charge is 0.205 e. The molecule has 1 N–H and O–H groups in total. The van der Waals surface area contributed by atoms with Crippen LogP contribution in [0.4, 0.5) is 5.13 Å². The summed E-state index contributed by atoms with van der Waals surface area (Å²) in [5.41, 5.74) is 0. The topological polar surface area (TPSA) is 59.9 Å². The fourth-order valence-corrected chi connectivity index (χ4v) is 3.96. The van der Waals surface area contributed by atoms with Crippen LogP contribution in [-0.2, 0) is 6.42 Å². The molecular weight excluding hydrogens is 346 g/mol. The van der Waals surface area contributed by atoms with Crippen molar-refractivity contribution in [2.45, 2.75) is 40.0 Å². The van der Waals surface area contributed by atoms with Gasteiger partial charge in [-0.2, -0.15) is 4.37 Å². The zero-order valence-electron chi connectivity index (χ0n) is 16.9. The first-order valence-corrected chi connectivity index (χ1v) is 10.7. The zero-order valence-corrected chi connectivity index (χ0v) is 17.7. The van der Waals surface area contributed by atoms with Crippen molar-refractivity contribution in [3.63, 3.8) is 0 Å². The quantitative estimate of drug-likeness (QED) is 0.401. The van der Waals surface area contributed by atoms with Crippen molar-refractivity contribution in [2.75, 3.05) is 64.3 Å². The average Bonchev–Trinajstić information content (AvgIpc) is 3.17. The van der Waals surface area contributed by atoms with Crippen LogP contribution in [-0.4, -0.2) is 84.5 Å². The van der Waals surface area contributed by atoms with Gasteiger partial charge in [0.25, 0.3) is 0 Å². The van der Waals surface area contributed by atoms with Gasteiger partial charge < -0.3 is 20.0 Å². The molecule has 26 heavy (non-hydrogen) atoms. The van der Waals surface area contributed by atoms with Crippen LogP contribution < -0.4 is 10.2 Å². The lowest BCUT2D eigenvalue weighted by molar-refractivity contribution is 0.296. The first-order chi connectivity index (χ1) is 12.7. The summed E-state index contributed by atoms with van der Waals surface area (Å²) in [5.74, 6) is 1.98. The molecule has 1 aromatic heterocycles. The molecule has 1 aliphatic rings. The minimum atomic E-state index is 0.904. The van der Waals surface area contributed by atoms with Crippen molar-refractivity contribution in [3.05, 3.63) is 5.82 Å². The van der Waals surface area contributed by atoms with Crippen molar-refractivity contribution in [2.24, 2.45) is 4.99 Å². The van der Waals surface area contributed by atoms with Crippen molar-refractivity contribution < 1.29 is 0 Å². The molecule has 0 spiro atoms. The molecule has 0 radical (unpaired) electrons. The first kappa shape index (κ1) is 20.9. The third-order valence-corrected chi connectivity index (χ3v) is 5.73. The second-order valence-electron chi connectivity index (χ2n) is 6.53. The summed E-state index contributed by atoms with van der Waals surface area (Å²) in [6.45, 7) is 14.9. The molecule has 0 aliphatic carbocycles. The SMILES string of the molecule is CCc1nsc(N2CCN(C(=NC)NCCCCN(CC)CC)CC2)n1. The molecular formula is C18H35N7S. The van der Waals surface area contributed by atoms with Gasteiger partial charge in [0.15, 0.2) is 5.96 Å². The molecule has 0 amide bonds. The number of nitrogens with one attached hydrogen (secondary N) is 1. The van der Waals surface area contributed by atoms with E-state index in [0.717, 1.165) is 69.1 Å². The number of aryl methyl sites for hydroxylation is 1. The fourth-order valence-electron chi connectivity index (χ4n) is 3.16. The van der Waals surface area contributed by atoms with Crippen LogP contribution >= 0.6 is 11.5 Å². The summed E-state index contributed by atoms with van der Waals surface area (Å²) in [7, 11) is 1.88. The molecule has 2 heterocycles. The lowest BCUT2D eigenvalue weighted by Crippen LogP contribution is -2.52. The highest BCUT2D eigenvalue weighted by Crippen LogP contribution is 2.19. The molecule has 0 atom stereocenters. The van der Waals surface area contributed by atoms with Gasteiger partial charge in [-0.25, -0.2) is 4.98 Å². The Kier molecular flexibility index (Phi) is 9.11. The maximum absolute atomic E-state index is 4.61. The summed E-state index contributed by atoms with van der Waals surface area (Å²) >= 11 is 1.52. The van der Waals surface area contributed by atoms with Gasteiger partial charge in [-0.1, -0.05) is 20.8 Å². The summed E-state index contributed by atoms with van der Waals surface area (Å²) in [6.07, 6.45) is 3.32. The summed E-state index contributed by atoms with van der Waals surface area (Å²) < 4.78 is 4.40. The zero-order chi connectivity index (χ0) is 18.8. The predicted octanol–water partition coefficient (Wildman–Crippen LogP) is 1.92. The van der Waals surface area contributed by atoms with Gasteiger partial charge in [0.05, 0.1) is 0 Å². The van der Waals surface area contributed by atoms with Gasteiger partial charge in [0.1, 0.15) is 5.82 Å². The Morgan fingerprint density at radius 1 is 1.15 bits per heavy atom. The van der Waals surface area contributed by atoms with Crippen LogP contribution in [0.15, 0.2) is 4.99 Å². The van der Waals surface area contributed by atoms with Crippen molar-refractivity contribution in [3.8, 4) is 0 Å². The second kappa shape index (κ2) is 11.3. The van der Waals surface area contributed by atoms with Gasteiger partial charge in [-0.05, 0) is 32.5 Å². The normalized spacial score (nSPS) is 15.8. The molecule has 1 fully saturated rings. The standard InChI is InChI=1S/C18H35N7S/c1-5-16-21-18(26-22-16)25-14-12-24(13-15-25)17(19-4)20-10-8-9-11-23(6-2)7-3/h5-15H2,1-4H3,(H,19,20).